The molecule has 5 rings (SSSR count). The topological polar surface area (TPSA) is 87.2 Å². The van der Waals surface area contributed by atoms with Gasteiger partial charge in [0.1, 0.15) is 17.9 Å². The lowest BCUT2D eigenvalue weighted by molar-refractivity contribution is -0.133. The first-order valence-electron chi connectivity index (χ1n) is 11.9. The summed E-state index contributed by atoms with van der Waals surface area (Å²) in [6.45, 7) is 5.26. The van der Waals surface area contributed by atoms with Crippen molar-refractivity contribution < 1.29 is 9.36 Å². The van der Waals surface area contributed by atoms with Crippen LogP contribution >= 0.6 is 42.8 Å². The van der Waals surface area contributed by atoms with Crippen LogP contribution in [0.2, 0.25) is 10.0 Å². The monoisotopic (exact) mass is 579 g/mol. The summed E-state index contributed by atoms with van der Waals surface area (Å²) in [5.74, 6) is 1.16. The highest BCUT2D eigenvalue weighted by atomic mass is 35.5. The van der Waals surface area contributed by atoms with Crippen LogP contribution in [0.5, 0.6) is 0 Å². The first-order valence-corrected chi connectivity index (χ1v) is 15.3. The number of hydrogen-bond acceptors (Lipinski definition) is 7. The maximum atomic E-state index is 12.7. The minimum atomic E-state index is -2.50. The van der Waals surface area contributed by atoms with Crippen molar-refractivity contribution in [2.75, 3.05) is 42.0 Å². The number of carbonyl (C=O) groups excluding carboxylic acids is 1. The number of benzene rings is 2. The van der Waals surface area contributed by atoms with Gasteiger partial charge < -0.3 is 20.1 Å². The van der Waals surface area contributed by atoms with Gasteiger partial charge in [-0.3, -0.25) is 4.79 Å². The van der Waals surface area contributed by atoms with Crippen LogP contribution < -0.4 is 20.8 Å². The van der Waals surface area contributed by atoms with Crippen molar-refractivity contribution in [3.8, 4) is 0 Å². The third-order valence-corrected chi connectivity index (χ3v) is 9.12. The smallest absolute Gasteiger partial charge is 0.229 e. The van der Waals surface area contributed by atoms with E-state index in [0.29, 0.717) is 33.3 Å². The van der Waals surface area contributed by atoms with E-state index in [4.69, 9.17) is 23.2 Å². The number of Topliss-reactive ketones (excluding diaryl/α,β-unsaturated/α-hetero) is 1. The Bertz CT molecular complexity index is 1360. The number of halogens is 3. The largest absolute Gasteiger partial charge is 0.370 e. The number of nitrogens with zero attached hydrogens (tertiary/aromatic N) is 3. The molecular weight excluding hydrogens is 552 g/mol. The van der Waals surface area contributed by atoms with Gasteiger partial charge in [0.2, 0.25) is 5.95 Å². The van der Waals surface area contributed by atoms with Gasteiger partial charge in [0, 0.05) is 36.9 Å². The first kappa shape index (κ1) is 27.7. The SMILES string of the molecule is CP(C)(=O)c1ccccc1Nc1nc(Nc2ccc(N3CCC4(CC3)CC(=O)C4)c(Cl)c2)ncc1Cl.Cl. The Balaban J connectivity index is 0.00000320. The Morgan fingerprint density at radius 1 is 1.00 bits per heavy atom. The molecule has 0 atom stereocenters. The first-order chi connectivity index (χ1) is 17.1. The van der Waals surface area contributed by atoms with Gasteiger partial charge in [0.05, 0.1) is 22.6 Å². The quantitative estimate of drug-likeness (QED) is 0.307. The van der Waals surface area contributed by atoms with E-state index in [0.717, 1.165) is 55.5 Å². The molecule has 0 bridgehead atoms. The molecule has 1 saturated heterocycles. The normalized spacial score (nSPS) is 16.6. The molecule has 0 unspecified atom stereocenters. The number of piperidine rings is 1. The van der Waals surface area contributed by atoms with Crippen LogP contribution in [-0.2, 0) is 9.36 Å². The minimum absolute atomic E-state index is 0. The second kappa shape index (κ2) is 10.8. The number of ketones is 1. The van der Waals surface area contributed by atoms with E-state index >= 15 is 0 Å². The zero-order valence-electron chi connectivity index (χ0n) is 20.6. The van der Waals surface area contributed by atoms with Gasteiger partial charge >= 0.3 is 0 Å². The molecule has 11 heteroatoms. The van der Waals surface area contributed by atoms with Crippen LogP contribution in [0, 0.1) is 5.41 Å². The molecular formula is C26H29Cl3N5O2P. The lowest BCUT2D eigenvalue weighted by atomic mass is 9.62. The van der Waals surface area contributed by atoms with Crippen LogP contribution in [-0.4, -0.2) is 42.2 Å². The standard InChI is InChI=1S/C26H28Cl2N5O2P.ClH/c1-36(2,35)23-6-4-3-5-21(23)31-24-20(28)16-29-25(32-24)30-17-7-8-22(19(27)13-17)33-11-9-26(10-12-33)14-18(34)15-26;/h3-8,13,16H,9-12,14-15H2,1-2H3,(H2,29,30,31,32);1H. The number of anilines is 5. The zero-order valence-corrected chi connectivity index (χ0v) is 23.9. The predicted octanol–water partition coefficient (Wildman–Crippen LogP) is 6.89. The molecule has 0 radical (unpaired) electrons. The van der Waals surface area contributed by atoms with Crippen molar-refractivity contribution in [1.82, 2.24) is 9.97 Å². The number of hydrogen-bond donors (Lipinski definition) is 2. The number of para-hydroxylation sites is 1. The lowest BCUT2D eigenvalue weighted by Crippen LogP contribution is -2.47. The summed E-state index contributed by atoms with van der Waals surface area (Å²) in [5, 5.41) is 8.12. The van der Waals surface area contributed by atoms with Crippen molar-refractivity contribution in [2.45, 2.75) is 25.7 Å². The molecule has 1 aromatic heterocycles. The molecule has 196 valence electrons. The van der Waals surface area contributed by atoms with Gasteiger partial charge in [0.15, 0.2) is 5.82 Å². The van der Waals surface area contributed by atoms with Gasteiger partial charge in [-0.05, 0) is 61.9 Å². The second-order valence-electron chi connectivity index (χ2n) is 10.1. The molecule has 2 heterocycles. The Morgan fingerprint density at radius 2 is 1.70 bits per heavy atom. The zero-order chi connectivity index (χ0) is 25.5. The van der Waals surface area contributed by atoms with E-state index in [1.807, 2.05) is 42.5 Å². The maximum Gasteiger partial charge on any atom is 0.229 e. The minimum Gasteiger partial charge on any atom is -0.370 e. The van der Waals surface area contributed by atoms with Gasteiger partial charge in [-0.1, -0.05) is 35.3 Å². The van der Waals surface area contributed by atoms with Crippen molar-refractivity contribution in [3.63, 3.8) is 0 Å². The fourth-order valence-electron chi connectivity index (χ4n) is 5.02. The average Bonchev–Trinajstić information content (AvgIpc) is 2.81. The Labute approximate surface area is 233 Å². The predicted molar refractivity (Wildman–Crippen MR) is 156 cm³/mol. The Hall–Kier alpha value is -2.31. The second-order valence-corrected chi connectivity index (χ2v) is 14.1. The molecule has 2 N–H and O–H groups in total. The Kier molecular flexibility index (Phi) is 8.10. The van der Waals surface area contributed by atoms with Gasteiger partial charge in [-0.2, -0.15) is 4.98 Å². The highest BCUT2D eigenvalue weighted by Crippen LogP contribution is 2.48. The molecule has 2 aliphatic rings. The summed E-state index contributed by atoms with van der Waals surface area (Å²) in [7, 11) is -2.50. The van der Waals surface area contributed by atoms with E-state index in [1.54, 1.807) is 13.3 Å². The molecule has 1 aliphatic heterocycles. The maximum absolute atomic E-state index is 12.7. The summed E-state index contributed by atoms with van der Waals surface area (Å²) in [6, 6.07) is 13.2. The summed E-state index contributed by atoms with van der Waals surface area (Å²) < 4.78 is 12.7. The lowest BCUT2D eigenvalue weighted by Gasteiger charge is -2.47. The van der Waals surface area contributed by atoms with E-state index in [-0.39, 0.29) is 17.8 Å². The fourth-order valence-corrected chi connectivity index (χ4v) is 6.62. The third kappa shape index (κ3) is 6.06. The molecule has 3 aromatic rings. The van der Waals surface area contributed by atoms with Crippen molar-refractivity contribution in [1.29, 1.82) is 0 Å². The Morgan fingerprint density at radius 3 is 2.35 bits per heavy atom. The molecule has 2 fully saturated rings. The molecule has 2 aromatic carbocycles. The van der Waals surface area contributed by atoms with Crippen LogP contribution in [0.4, 0.5) is 28.8 Å². The molecule has 37 heavy (non-hydrogen) atoms. The van der Waals surface area contributed by atoms with Crippen LogP contribution in [0.1, 0.15) is 25.7 Å². The number of carbonyl (C=O) groups is 1. The summed E-state index contributed by atoms with van der Waals surface area (Å²) in [6.07, 6.45) is 5.04. The van der Waals surface area contributed by atoms with Gasteiger partial charge in [0.25, 0.3) is 0 Å². The molecule has 1 saturated carbocycles. The highest BCUT2D eigenvalue weighted by molar-refractivity contribution is 7.70. The van der Waals surface area contributed by atoms with E-state index < -0.39 is 7.14 Å². The van der Waals surface area contributed by atoms with Gasteiger partial charge in [-0.15, -0.1) is 12.4 Å². The molecule has 1 spiro atoms. The van der Waals surface area contributed by atoms with Crippen LogP contribution in [0.25, 0.3) is 0 Å². The van der Waals surface area contributed by atoms with Crippen LogP contribution in [0.3, 0.4) is 0 Å². The van der Waals surface area contributed by atoms with E-state index in [1.165, 1.54) is 6.20 Å². The summed E-state index contributed by atoms with van der Waals surface area (Å²) in [5.41, 5.74) is 2.66. The summed E-state index contributed by atoms with van der Waals surface area (Å²) in [4.78, 5) is 22.6. The number of aromatic nitrogens is 2. The van der Waals surface area contributed by atoms with Crippen molar-refractivity contribution in [2.24, 2.45) is 5.41 Å². The van der Waals surface area contributed by atoms with Crippen molar-refractivity contribution >= 4 is 82.7 Å². The molecule has 7 nitrogen and oxygen atoms in total. The molecule has 0 amide bonds. The summed E-state index contributed by atoms with van der Waals surface area (Å²) >= 11 is 13.0. The fraction of sp³-hybridized carbons (Fsp3) is 0.346. The van der Waals surface area contributed by atoms with E-state index in [2.05, 4.69) is 25.5 Å². The average molecular weight is 581 g/mol. The van der Waals surface area contributed by atoms with E-state index in [9.17, 15) is 9.36 Å². The number of nitrogens with one attached hydrogen (secondary N) is 2. The highest BCUT2D eigenvalue weighted by Gasteiger charge is 2.45. The van der Waals surface area contributed by atoms with Crippen molar-refractivity contribution in [3.05, 3.63) is 58.7 Å². The van der Waals surface area contributed by atoms with Gasteiger partial charge in [-0.25, -0.2) is 4.98 Å². The number of rotatable bonds is 6. The molecule has 1 aliphatic carbocycles. The third-order valence-electron chi connectivity index (χ3n) is 6.99. The van der Waals surface area contributed by atoms with Crippen LogP contribution in [0.15, 0.2) is 48.7 Å².